The smallest absolute Gasteiger partial charge is 0.317 e. The van der Waals surface area contributed by atoms with Gasteiger partial charge in [-0.2, -0.15) is 0 Å². The highest BCUT2D eigenvalue weighted by molar-refractivity contribution is 6.30. The molecular formula is C25H31ClN6O. The quantitative estimate of drug-likeness (QED) is 0.604. The number of carbonyl (C=O) groups is 1. The van der Waals surface area contributed by atoms with E-state index >= 15 is 0 Å². The van der Waals surface area contributed by atoms with E-state index in [1.165, 1.54) is 10.9 Å². The van der Waals surface area contributed by atoms with Crippen LogP contribution in [-0.2, 0) is 0 Å². The lowest BCUT2D eigenvalue weighted by atomic mass is 9.89. The van der Waals surface area contributed by atoms with E-state index in [1.807, 2.05) is 41.6 Å². The number of hydrogen-bond acceptors (Lipinski definition) is 4. The van der Waals surface area contributed by atoms with Crippen LogP contribution in [0.2, 0.25) is 5.02 Å². The fourth-order valence-electron chi connectivity index (χ4n) is 5.00. The Hall–Kier alpha value is -2.61. The molecule has 7 nitrogen and oxygen atoms in total. The molecule has 5 rings (SSSR count). The number of hydrogen-bond donors (Lipinski definition) is 2. The standard InChI is InChI=1S/C25H31ClN6O/c26-20-1-3-21(4-2-20)32-18-23(22-5-8-28-17-24(22)32)19-6-12-31(13-7-19)25(33)29-11-16-30-14-9-27-10-15-30/h1-5,8,17-19,27H,6-7,9-16H2,(H,29,33). The molecule has 2 aromatic heterocycles. The lowest BCUT2D eigenvalue weighted by Gasteiger charge is -2.32. The van der Waals surface area contributed by atoms with Gasteiger partial charge in [0.1, 0.15) is 0 Å². The van der Waals surface area contributed by atoms with Gasteiger partial charge in [0.15, 0.2) is 0 Å². The van der Waals surface area contributed by atoms with E-state index < -0.39 is 0 Å². The van der Waals surface area contributed by atoms with Gasteiger partial charge < -0.3 is 20.1 Å². The molecule has 2 saturated heterocycles. The van der Waals surface area contributed by atoms with E-state index in [9.17, 15) is 4.79 Å². The van der Waals surface area contributed by atoms with E-state index in [0.717, 1.165) is 74.9 Å². The summed E-state index contributed by atoms with van der Waals surface area (Å²) < 4.78 is 2.20. The number of nitrogens with zero attached hydrogens (tertiary/aromatic N) is 4. The first-order chi connectivity index (χ1) is 16.2. The van der Waals surface area contributed by atoms with Crippen molar-refractivity contribution < 1.29 is 4.79 Å². The van der Waals surface area contributed by atoms with Gasteiger partial charge in [-0.1, -0.05) is 11.6 Å². The molecule has 33 heavy (non-hydrogen) atoms. The summed E-state index contributed by atoms with van der Waals surface area (Å²) in [6.45, 7) is 7.37. The fraction of sp³-hybridized carbons (Fsp3) is 0.440. The van der Waals surface area contributed by atoms with Crippen molar-refractivity contribution >= 4 is 28.5 Å². The number of rotatable bonds is 5. The van der Waals surface area contributed by atoms with E-state index in [-0.39, 0.29) is 6.03 Å². The number of nitrogens with one attached hydrogen (secondary N) is 2. The van der Waals surface area contributed by atoms with Crippen LogP contribution in [0.3, 0.4) is 0 Å². The predicted molar refractivity (Wildman–Crippen MR) is 132 cm³/mol. The maximum atomic E-state index is 12.7. The molecule has 174 valence electrons. The highest BCUT2D eigenvalue weighted by atomic mass is 35.5. The predicted octanol–water partition coefficient (Wildman–Crippen LogP) is 3.47. The first-order valence-corrected chi connectivity index (χ1v) is 12.2. The summed E-state index contributed by atoms with van der Waals surface area (Å²) in [4.78, 5) is 21.4. The van der Waals surface area contributed by atoms with Gasteiger partial charge in [-0.25, -0.2) is 4.79 Å². The van der Waals surface area contributed by atoms with Crippen molar-refractivity contribution in [2.24, 2.45) is 0 Å². The normalized spacial score (nSPS) is 18.0. The number of piperazine rings is 1. The number of piperidine rings is 1. The molecule has 2 aliphatic heterocycles. The zero-order valence-corrected chi connectivity index (χ0v) is 19.6. The molecule has 0 aliphatic carbocycles. The van der Waals surface area contributed by atoms with Crippen molar-refractivity contribution in [3.8, 4) is 5.69 Å². The van der Waals surface area contributed by atoms with Crippen molar-refractivity contribution in [2.75, 3.05) is 52.4 Å². The molecule has 2 amide bonds. The maximum Gasteiger partial charge on any atom is 0.317 e. The summed E-state index contributed by atoms with van der Waals surface area (Å²) in [6.07, 6.45) is 7.96. The Balaban J connectivity index is 1.22. The third-order valence-electron chi connectivity index (χ3n) is 6.88. The maximum absolute atomic E-state index is 12.7. The Morgan fingerprint density at radius 2 is 1.85 bits per heavy atom. The number of urea groups is 1. The van der Waals surface area contributed by atoms with E-state index in [2.05, 4.69) is 37.3 Å². The van der Waals surface area contributed by atoms with E-state index in [1.54, 1.807) is 0 Å². The lowest BCUT2D eigenvalue weighted by Crippen LogP contribution is -2.49. The monoisotopic (exact) mass is 466 g/mol. The fourth-order valence-corrected chi connectivity index (χ4v) is 5.13. The van der Waals surface area contributed by atoms with Crippen molar-refractivity contribution in [3.05, 3.63) is 59.5 Å². The van der Waals surface area contributed by atoms with Crippen molar-refractivity contribution in [1.82, 2.24) is 30.0 Å². The van der Waals surface area contributed by atoms with Crippen LogP contribution in [0.1, 0.15) is 24.3 Å². The van der Waals surface area contributed by atoms with Gasteiger partial charge in [0.05, 0.1) is 11.7 Å². The molecule has 8 heteroatoms. The van der Waals surface area contributed by atoms with Crippen LogP contribution in [0.25, 0.3) is 16.6 Å². The zero-order chi connectivity index (χ0) is 22.6. The highest BCUT2D eigenvalue weighted by Crippen LogP contribution is 2.35. The second kappa shape index (κ2) is 10.1. The second-order valence-corrected chi connectivity index (χ2v) is 9.35. The molecule has 0 unspecified atom stereocenters. The molecular weight excluding hydrogens is 436 g/mol. The third-order valence-corrected chi connectivity index (χ3v) is 7.13. The molecule has 0 saturated carbocycles. The molecule has 0 atom stereocenters. The molecule has 0 bridgehead atoms. The van der Waals surface area contributed by atoms with Gasteiger partial charge in [-0.05, 0) is 54.7 Å². The van der Waals surface area contributed by atoms with Crippen LogP contribution in [0.5, 0.6) is 0 Å². The Morgan fingerprint density at radius 1 is 1.09 bits per heavy atom. The topological polar surface area (TPSA) is 65.4 Å². The van der Waals surface area contributed by atoms with E-state index in [0.29, 0.717) is 12.5 Å². The first kappa shape index (κ1) is 22.2. The summed E-state index contributed by atoms with van der Waals surface area (Å²) in [5, 5.41) is 8.44. The largest absolute Gasteiger partial charge is 0.337 e. The Labute approximate surface area is 199 Å². The van der Waals surface area contributed by atoms with Gasteiger partial charge in [0, 0.05) is 80.8 Å². The van der Waals surface area contributed by atoms with Crippen molar-refractivity contribution in [2.45, 2.75) is 18.8 Å². The van der Waals surface area contributed by atoms with Gasteiger partial charge in [-0.3, -0.25) is 9.88 Å². The Kier molecular flexibility index (Phi) is 6.80. The second-order valence-electron chi connectivity index (χ2n) is 8.91. The minimum absolute atomic E-state index is 0.0661. The number of amides is 2. The number of aromatic nitrogens is 2. The zero-order valence-electron chi connectivity index (χ0n) is 18.8. The van der Waals surface area contributed by atoms with Gasteiger partial charge in [-0.15, -0.1) is 0 Å². The van der Waals surface area contributed by atoms with Crippen LogP contribution >= 0.6 is 11.6 Å². The minimum atomic E-state index is 0.0661. The lowest BCUT2D eigenvalue weighted by molar-refractivity contribution is 0.178. The molecule has 1 aromatic carbocycles. The van der Waals surface area contributed by atoms with Crippen molar-refractivity contribution in [1.29, 1.82) is 0 Å². The molecule has 3 aromatic rings. The molecule has 4 heterocycles. The van der Waals surface area contributed by atoms with Crippen LogP contribution in [-0.4, -0.2) is 77.7 Å². The molecule has 2 aliphatic rings. The summed E-state index contributed by atoms with van der Waals surface area (Å²) in [5.41, 5.74) is 3.51. The highest BCUT2D eigenvalue weighted by Gasteiger charge is 2.26. The minimum Gasteiger partial charge on any atom is -0.337 e. The van der Waals surface area contributed by atoms with Gasteiger partial charge >= 0.3 is 6.03 Å². The number of pyridine rings is 1. The van der Waals surface area contributed by atoms with Gasteiger partial charge in [0.25, 0.3) is 0 Å². The molecule has 2 N–H and O–H groups in total. The number of benzene rings is 1. The number of halogens is 1. The third kappa shape index (κ3) is 5.00. The number of likely N-dealkylation sites (tertiary alicyclic amines) is 1. The summed E-state index contributed by atoms with van der Waals surface area (Å²) in [5.74, 6) is 0.424. The first-order valence-electron chi connectivity index (χ1n) is 11.9. The average Bonchev–Trinajstić information content (AvgIpc) is 3.25. The number of carbonyl (C=O) groups excluding carboxylic acids is 1. The number of fused-ring (bicyclic) bond motifs is 1. The summed E-state index contributed by atoms with van der Waals surface area (Å²) >= 11 is 6.09. The van der Waals surface area contributed by atoms with Gasteiger partial charge in [0.2, 0.25) is 0 Å². The Bertz CT molecular complexity index is 1080. The SMILES string of the molecule is O=C(NCCN1CCNCC1)N1CCC(c2cn(-c3ccc(Cl)cc3)c3cnccc23)CC1. The summed E-state index contributed by atoms with van der Waals surface area (Å²) in [7, 11) is 0. The molecule has 0 radical (unpaired) electrons. The van der Waals surface area contributed by atoms with Crippen LogP contribution in [0.4, 0.5) is 4.79 Å². The Morgan fingerprint density at radius 3 is 2.61 bits per heavy atom. The summed E-state index contributed by atoms with van der Waals surface area (Å²) in [6, 6.07) is 10.1. The molecule has 0 spiro atoms. The molecule has 2 fully saturated rings. The van der Waals surface area contributed by atoms with Crippen LogP contribution in [0.15, 0.2) is 48.9 Å². The van der Waals surface area contributed by atoms with Crippen LogP contribution < -0.4 is 10.6 Å². The average molecular weight is 467 g/mol. The van der Waals surface area contributed by atoms with Crippen LogP contribution in [0, 0.1) is 0 Å². The van der Waals surface area contributed by atoms with E-state index in [4.69, 9.17) is 11.6 Å². The van der Waals surface area contributed by atoms with Crippen molar-refractivity contribution in [3.63, 3.8) is 0 Å².